The minimum absolute atomic E-state index is 0.528. The Labute approximate surface area is 81.0 Å². The summed E-state index contributed by atoms with van der Waals surface area (Å²) in [6.45, 7) is 0. The molecule has 0 aromatic carbocycles. The van der Waals surface area contributed by atoms with Gasteiger partial charge in [0.15, 0.2) is 0 Å². The van der Waals surface area contributed by atoms with E-state index in [4.69, 9.17) is 0 Å². The van der Waals surface area contributed by atoms with Gasteiger partial charge in [-0.3, -0.25) is 9.67 Å². The first-order chi connectivity index (χ1) is 6.77. The fraction of sp³-hybridized carbons (Fsp3) is 0.222. The molecular weight excluding hydrogens is 180 g/mol. The summed E-state index contributed by atoms with van der Waals surface area (Å²) in [7, 11) is 1.76. The van der Waals surface area contributed by atoms with Crippen molar-refractivity contribution in [1.29, 1.82) is 0 Å². The van der Waals surface area contributed by atoms with E-state index in [1.807, 2.05) is 0 Å². The summed E-state index contributed by atoms with van der Waals surface area (Å²) in [4.78, 5) is 3.92. The van der Waals surface area contributed by atoms with E-state index >= 15 is 0 Å². The average Bonchev–Trinajstić information content (AvgIpc) is 2.65. The van der Waals surface area contributed by atoms with Gasteiger partial charge in [-0.05, 0) is 6.07 Å². The van der Waals surface area contributed by atoms with Crippen molar-refractivity contribution in [1.82, 2.24) is 20.0 Å². The Balaban J connectivity index is 2.29. The first-order valence-electron chi connectivity index (χ1n) is 4.21. The number of rotatable bonds is 2. The molecule has 0 aliphatic heterocycles. The molecule has 1 atom stereocenters. The molecule has 0 fully saturated rings. The van der Waals surface area contributed by atoms with Crippen molar-refractivity contribution in [2.45, 2.75) is 6.10 Å². The third kappa shape index (κ3) is 1.62. The van der Waals surface area contributed by atoms with Crippen LogP contribution in [-0.4, -0.2) is 25.1 Å². The monoisotopic (exact) mass is 190 g/mol. The third-order valence-electron chi connectivity index (χ3n) is 1.90. The quantitative estimate of drug-likeness (QED) is 0.739. The Morgan fingerprint density at radius 3 is 2.93 bits per heavy atom. The number of hydrogen-bond acceptors (Lipinski definition) is 4. The van der Waals surface area contributed by atoms with Gasteiger partial charge in [0, 0.05) is 25.0 Å². The Morgan fingerprint density at radius 1 is 1.50 bits per heavy atom. The SMILES string of the molecule is Cn1cc(C(O)c2cccnc2)nn1. The molecule has 0 radical (unpaired) electrons. The molecule has 1 N–H and O–H groups in total. The van der Waals surface area contributed by atoms with Gasteiger partial charge in [-0.25, -0.2) is 0 Å². The molecule has 5 nitrogen and oxygen atoms in total. The topological polar surface area (TPSA) is 63.8 Å². The molecule has 1 unspecified atom stereocenters. The van der Waals surface area contributed by atoms with Crippen LogP contribution in [0.5, 0.6) is 0 Å². The maximum Gasteiger partial charge on any atom is 0.126 e. The zero-order chi connectivity index (χ0) is 9.97. The van der Waals surface area contributed by atoms with Crippen LogP contribution < -0.4 is 0 Å². The summed E-state index contributed by atoms with van der Waals surface area (Å²) in [5, 5.41) is 17.4. The van der Waals surface area contributed by atoms with Gasteiger partial charge in [0.2, 0.25) is 0 Å². The molecule has 72 valence electrons. The van der Waals surface area contributed by atoms with Crippen molar-refractivity contribution < 1.29 is 5.11 Å². The number of hydrogen-bond donors (Lipinski definition) is 1. The molecule has 0 aliphatic rings. The van der Waals surface area contributed by atoms with E-state index in [2.05, 4.69) is 15.3 Å². The molecule has 5 heteroatoms. The van der Waals surface area contributed by atoms with Gasteiger partial charge in [-0.15, -0.1) is 5.10 Å². The maximum atomic E-state index is 9.85. The minimum atomic E-state index is -0.752. The van der Waals surface area contributed by atoms with Crippen LogP contribution in [0, 0.1) is 0 Å². The molecule has 2 rings (SSSR count). The van der Waals surface area contributed by atoms with E-state index in [1.54, 1.807) is 42.5 Å². The van der Waals surface area contributed by atoms with Crippen molar-refractivity contribution in [3.8, 4) is 0 Å². The van der Waals surface area contributed by atoms with Crippen molar-refractivity contribution in [3.63, 3.8) is 0 Å². The molecule has 2 aromatic heterocycles. The highest BCUT2D eigenvalue weighted by atomic mass is 16.3. The van der Waals surface area contributed by atoms with Crippen molar-refractivity contribution in [2.75, 3.05) is 0 Å². The molecule has 0 amide bonds. The van der Waals surface area contributed by atoms with Gasteiger partial charge in [0.25, 0.3) is 0 Å². The van der Waals surface area contributed by atoms with Gasteiger partial charge in [-0.2, -0.15) is 0 Å². The second-order valence-electron chi connectivity index (χ2n) is 3.01. The largest absolute Gasteiger partial charge is 0.382 e. The van der Waals surface area contributed by atoms with Crippen LogP contribution >= 0.6 is 0 Å². The Morgan fingerprint density at radius 2 is 2.36 bits per heavy atom. The zero-order valence-corrected chi connectivity index (χ0v) is 7.70. The molecule has 2 heterocycles. The fourth-order valence-corrected chi connectivity index (χ4v) is 1.20. The molecular formula is C9H10N4O. The lowest BCUT2D eigenvalue weighted by molar-refractivity contribution is 0.214. The highest BCUT2D eigenvalue weighted by Gasteiger charge is 2.13. The lowest BCUT2D eigenvalue weighted by Gasteiger charge is -2.05. The van der Waals surface area contributed by atoms with Crippen LogP contribution in [0.15, 0.2) is 30.7 Å². The van der Waals surface area contributed by atoms with E-state index in [0.29, 0.717) is 11.3 Å². The molecule has 0 saturated carbocycles. The van der Waals surface area contributed by atoms with Crippen LogP contribution in [0.1, 0.15) is 17.4 Å². The maximum absolute atomic E-state index is 9.85. The highest BCUT2D eigenvalue weighted by Crippen LogP contribution is 2.17. The standard InChI is InChI=1S/C9H10N4O/c1-13-6-8(11-12-13)9(14)7-3-2-4-10-5-7/h2-6,9,14H,1H3. The van der Waals surface area contributed by atoms with Gasteiger partial charge < -0.3 is 5.11 Å². The van der Waals surface area contributed by atoms with E-state index in [0.717, 1.165) is 0 Å². The Kier molecular flexibility index (Phi) is 2.24. The fourth-order valence-electron chi connectivity index (χ4n) is 1.20. The second kappa shape index (κ2) is 3.55. The number of aryl methyl sites for hydroxylation is 1. The molecule has 0 spiro atoms. The van der Waals surface area contributed by atoms with Gasteiger partial charge in [0.1, 0.15) is 11.8 Å². The zero-order valence-electron chi connectivity index (χ0n) is 7.70. The van der Waals surface area contributed by atoms with Crippen molar-refractivity contribution in [2.24, 2.45) is 7.05 Å². The molecule has 0 aliphatic carbocycles. The van der Waals surface area contributed by atoms with E-state index in [-0.39, 0.29) is 0 Å². The molecule has 0 saturated heterocycles. The predicted octanol–water partition coefficient (Wildman–Crippen LogP) is 0.292. The van der Waals surface area contributed by atoms with Crippen LogP contribution in [0.25, 0.3) is 0 Å². The van der Waals surface area contributed by atoms with Gasteiger partial charge >= 0.3 is 0 Å². The summed E-state index contributed by atoms with van der Waals surface area (Å²) >= 11 is 0. The number of pyridine rings is 1. The first-order valence-corrected chi connectivity index (χ1v) is 4.21. The summed E-state index contributed by atoms with van der Waals surface area (Å²) in [5.41, 5.74) is 1.24. The molecule has 0 bridgehead atoms. The van der Waals surface area contributed by atoms with Crippen LogP contribution in [0.4, 0.5) is 0 Å². The van der Waals surface area contributed by atoms with Crippen molar-refractivity contribution >= 4 is 0 Å². The second-order valence-corrected chi connectivity index (χ2v) is 3.01. The number of aliphatic hydroxyl groups excluding tert-OH is 1. The Bertz CT molecular complexity index is 412. The third-order valence-corrected chi connectivity index (χ3v) is 1.90. The summed E-state index contributed by atoms with van der Waals surface area (Å²) in [6.07, 6.45) is 4.20. The summed E-state index contributed by atoms with van der Waals surface area (Å²) in [5.74, 6) is 0. The average molecular weight is 190 g/mol. The van der Waals surface area contributed by atoms with Crippen molar-refractivity contribution in [3.05, 3.63) is 42.0 Å². The van der Waals surface area contributed by atoms with E-state index in [1.165, 1.54) is 0 Å². The van der Waals surface area contributed by atoms with Crippen LogP contribution in [-0.2, 0) is 7.05 Å². The first kappa shape index (κ1) is 8.83. The highest BCUT2D eigenvalue weighted by molar-refractivity contribution is 5.20. The summed E-state index contributed by atoms with van der Waals surface area (Å²) < 4.78 is 1.55. The van der Waals surface area contributed by atoms with Crippen LogP contribution in [0.3, 0.4) is 0 Å². The lowest BCUT2D eigenvalue weighted by atomic mass is 10.1. The predicted molar refractivity (Wildman–Crippen MR) is 49.3 cm³/mol. The number of aliphatic hydroxyl groups is 1. The smallest absolute Gasteiger partial charge is 0.126 e. The van der Waals surface area contributed by atoms with Gasteiger partial charge in [-0.1, -0.05) is 11.3 Å². The van der Waals surface area contributed by atoms with Crippen LogP contribution in [0.2, 0.25) is 0 Å². The minimum Gasteiger partial charge on any atom is -0.382 e. The van der Waals surface area contributed by atoms with Gasteiger partial charge in [0.05, 0.1) is 6.20 Å². The summed E-state index contributed by atoms with van der Waals surface area (Å²) in [6, 6.07) is 3.57. The normalized spacial score (nSPS) is 12.7. The molecule has 2 aromatic rings. The van der Waals surface area contributed by atoms with E-state index in [9.17, 15) is 5.11 Å². The number of nitrogens with zero attached hydrogens (tertiary/aromatic N) is 4. The van der Waals surface area contributed by atoms with E-state index < -0.39 is 6.10 Å². The molecule has 14 heavy (non-hydrogen) atoms. The Hall–Kier alpha value is -1.75. The number of aromatic nitrogens is 4. The lowest BCUT2D eigenvalue weighted by Crippen LogP contribution is -2.00.